The Morgan fingerprint density at radius 1 is 1.00 bits per heavy atom. The summed E-state index contributed by atoms with van der Waals surface area (Å²) < 4.78 is 67.6. The number of nitrogens with zero attached hydrogens (tertiary/aromatic N) is 5. The van der Waals surface area contributed by atoms with Crippen molar-refractivity contribution < 1.29 is 31.8 Å². The van der Waals surface area contributed by atoms with Crippen molar-refractivity contribution in [2.45, 2.75) is 19.0 Å². The van der Waals surface area contributed by atoms with Gasteiger partial charge in [0.25, 0.3) is 11.6 Å². The number of benzene rings is 1. The third kappa shape index (κ3) is 6.74. The summed E-state index contributed by atoms with van der Waals surface area (Å²) in [7, 11) is 1.45. The molecule has 0 unspecified atom stereocenters. The molecule has 14 heteroatoms. The number of hydrogen-bond acceptors (Lipinski definition) is 9. The lowest BCUT2D eigenvalue weighted by Crippen LogP contribution is -2.16. The molecule has 192 valence electrons. The van der Waals surface area contributed by atoms with Crippen LogP contribution < -0.4 is 19.8 Å². The molecule has 1 aromatic carbocycles. The first-order chi connectivity index (χ1) is 17.7. The number of aromatic amines is 1. The van der Waals surface area contributed by atoms with E-state index in [-0.39, 0.29) is 43.0 Å². The number of ether oxygens (including phenoxy) is 3. The molecule has 3 aromatic heterocycles. The average molecular weight is 518 g/mol. The van der Waals surface area contributed by atoms with E-state index in [1.807, 2.05) is 0 Å². The fraction of sp³-hybridized carbons (Fsp3) is 0.217. The Hall–Kier alpha value is -4.62. The van der Waals surface area contributed by atoms with E-state index in [0.29, 0.717) is 16.7 Å². The normalized spacial score (nSPS) is 11.3. The molecule has 0 fully saturated rings. The van der Waals surface area contributed by atoms with Gasteiger partial charge in [0.2, 0.25) is 5.82 Å². The second-order valence-corrected chi connectivity index (χ2v) is 7.50. The van der Waals surface area contributed by atoms with Gasteiger partial charge in [-0.15, -0.1) is 0 Å². The molecule has 0 bridgehead atoms. The molecule has 0 saturated carbocycles. The van der Waals surface area contributed by atoms with Crippen LogP contribution >= 0.6 is 0 Å². The van der Waals surface area contributed by atoms with Crippen molar-refractivity contribution in [2.24, 2.45) is 0 Å². The maximum Gasteiger partial charge on any atom is 0.451 e. The van der Waals surface area contributed by atoms with E-state index in [2.05, 4.69) is 29.9 Å². The fourth-order valence-electron chi connectivity index (χ4n) is 3.06. The predicted molar refractivity (Wildman–Crippen MR) is 119 cm³/mol. The predicted octanol–water partition coefficient (Wildman–Crippen LogP) is 3.52. The van der Waals surface area contributed by atoms with E-state index in [1.54, 1.807) is 18.5 Å². The number of hydrogen-bond donors (Lipinski definition) is 1. The van der Waals surface area contributed by atoms with Gasteiger partial charge in [0.15, 0.2) is 17.3 Å². The molecule has 0 aliphatic heterocycles. The summed E-state index contributed by atoms with van der Waals surface area (Å²) in [6, 6.07) is 4.29. The van der Waals surface area contributed by atoms with Crippen LogP contribution in [0, 0.1) is 5.82 Å². The first kappa shape index (κ1) is 25.5. The molecule has 37 heavy (non-hydrogen) atoms. The third-order valence-corrected chi connectivity index (χ3v) is 4.84. The van der Waals surface area contributed by atoms with Crippen LogP contribution in [-0.2, 0) is 19.0 Å². The first-order valence-electron chi connectivity index (χ1n) is 10.6. The number of methoxy groups -OCH3 is 1. The van der Waals surface area contributed by atoms with Gasteiger partial charge in [-0.2, -0.15) is 18.2 Å². The number of nitrogens with one attached hydrogen (secondary N) is 1. The quantitative estimate of drug-likeness (QED) is 0.331. The lowest BCUT2D eigenvalue weighted by atomic mass is 10.1. The van der Waals surface area contributed by atoms with Crippen LogP contribution in [0.4, 0.5) is 17.6 Å². The van der Waals surface area contributed by atoms with Gasteiger partial charge in [-0.3, -0.25) is 4.79 Å². The Balaban J connectivity index is 1.30. The van der Waals surface area contributed by atoms with Crippen LogP contribution in [0.15, 0.2) is 54.0 Å². The Morgan fingerprint density at radius 2 is 1.73 bits per heavy atom. The van der Waals surface area contributed by atoms with Crippen LogP contribution in [0.3, 0.4) is 0 Å². The molecule has 0 amide bonds. The highest BCUT2D eigenvalue weighted by atomic mass is 19.4. The minimum Gasteiger partial charge on any atom is -0.467 e. The topological polar surface area (TPSA) is 125 Å². The molecule has 4 rings (SSSR count). The summed E-state index contributed by atoms with van der Waals surface area (Å²) in [6.45, 7) is 0.0843. The van der Waals surface area contributed by atoms with E-state index >= 15 is 0 Å². The number of halogens is 4. The van der Waals surface area contributed by atoms with Crippen LogP contribution in [0.25, 0.3) is 0 Å². The van der Waals surface area contributed by atoms with Crippen LogP contribution in [0.1, 0.15) is 22.5 Å². The highest BCUT2D eigenvalue weighted by Crippen LogP contribution is 2.28. The molecule has 0 atom stereocenters. The van der Waals surface area contributed by atoms with Crippen LogP contribution in [-0.4, -0.2) is 43.6 Å². The summed E-state index contributed by atoms with van der Waals surface area (Å²) in [5, 5.41) is 0. The molecule has 0 spiro atoms. The highest BCUT2D eigenvalue weighted by Gasteiger charge is 2.34. The van der Waals surface area contributed by atoms with Crippen molar-refractivity contribution in [3.63, 3.8) is 0 Å². The Kier molecular flexibility index (Phi) is 7.55. The van der Waals surface area contributed by atoms with Gasteiger partial charge < -0.3 is 19.2 Å². The second kappa shape index (κ2) is 11.0. The maximum atomic E-state index is 14.4. The molecule has 0 aliphatic rings. The number of rotatable bonds is 9. The Bertz CT molecular complexity index is 1410. The minimum absolute atomic E-state index is 0.00228. The van der Waals surface area contributed by atoms with E-state index in [4.69, 9.17) is 14.2 Å². The minimum atomic E-state index is -4.69. The number of H-pyrrole nitrogens is 1. The maximum absolute atomic E-state index is 14.4. The summed E-state index contributed by atoms with van der Waals surface area (Å²) in [5.41, 5.74) is 1.15. The molecule has 4 aromatic rings. The zero-order valence-electron chi connectivity index (χ0n) is 19.1. The lowest BCUT2D eigenvalue weighted by molar-refractivity contribution is -0.145. The van der Waals surface area contributed by atoms with Gasteiger partial charge in [-0.05, 0) is 23.3 Å². The van der Waals surface area contributed by atoms with Crippen molar-refractivity contribution in [3.05, 3.63) is 87.9 Å². The molecule has 0 saturated heterocycles. The monoisotopic (exact) mass is 518 g/mol. The van der Waals surface area contributed by atoms with Crippen molar-refractivity contribution in [1.82, 2.24) is 29.9 Å². The summed E-state index contributed by atoms with van der Waals surface area (Å²) in [4.78, 5) is 33.2. The smallest absolute Gasteiger partial charge is 0.451 e. The molecule has 0 radical (unpaired) electrons. The van der Waals surface area contributed by atoms with E-state index in [1.165, 1.54) is 25.4 Å². The molecule has 0 aliphatic carbocycles. The van der Waals surface area contributed by atoms with Crippen molar-refractivity contribution in [3.8, 4) is 23.5 Å². The van der Waals surface area contributed by atoms with Crippen LogP contribution in [0.2, 0.25) is 0 Å². The van der Waals surface area contributed by atoms with Gasteiger partial charge in [-0.25, -0.2) is 24.3 Å². The van der Waals surface area contributed by atoms with Gasteiger partial charge >= 0.3 is 12.2 Å². The average Bonchev–Trinajstić information content (AvgIpc) is 2.87. The van der Waals surface area contributed by atoms with Crippen LogP contribution in [0.5, 0.6) is 23.5 Å². The SMILES string of the molecule is COc1ncc(Cc2c[nH]c(OCCc3ccc(Oc4cnc(C(F)(F)F)nc4)c(F)c3)nc2=O)cn1. The molecule has 1 N–H and O–H groups in total. The van der Waals surface area contributed by atoms with E-state index in [0.717, 1.165) is 12.4 Å². The molecular formula is C23H18F4N6O4. The van der Waals surface area contributed by atoms with E-state index in [9.17, 15) is 22.4 Å². The van der Waals surface area contributed by atoms with Crippen molar-refractivity contribution >= 4 is 0 Å². The van der Waals surface area contributed by atoms with Crippen molar-refractivity contribution in [2.75, 3.05) is 13.7 Å². The molecule has 10 nitrogen and oxygen atoms in total. The number of alkyl halides is 3. The molecule has 3 heterocycles. The lowest BCUT2D eigenvalue weighted by Gasteiger charge is -2.10. The van der Waals surface area contributed by atoms with Gasteiger partial charge in [0.1, 0.15) is 0 Å². The zero-order valence-corrected chi connectivity index (χ0v) is 19.1. The largest absolute Gasteiger partial charge is 0.467 e. The van der Waals surface area contributed by atoms with E-state index < -0.39 is 23.4 Å². The second-order valence-electron chi connectivity index (χ2n) is 7.50. The van der Waals surface area contributed by atoms with Gasteiger partial charge in [-0.1, -0.05) is 6.07 Å². The number of aromatic nitrogens is 6. The Morgan fingerprint density at radius 3 is 2.35 bits per heavy atom. The first-order valence-corrected chi connectivity index (χ1v) is 10.6. The summed E-state index contributed by atoms with van der Waals surface area (Å²) >= 11 is 0. The summed E-state index contributed by atoms with van der Waals surface area (Å²) in [6.07, 6.45) is 2.02. The summed E-state index contributed by atoms with van der Waals surface area (Å²) in [5.74, 6) is -2.43. The zero-order chi connectivity index (χ0) is 26.4. The van der Waals surface area contributed by atoms with Gasteiger partial charge in [0.05, 0.1) is 26.1 Å². The molecular weight excluding hydrogens is 500 g/mol. The Labute approximate surface area is 206 Å². The standard InChI is InChI=1S/C23H18F4N6O4/c1-35-21-30-8-14(9-31-21)6-15-10-32-22(33-19(15)34)36-5-4-13-2-3-18(17(24)7-13)37-16-11-28-20(29-12-16)23(25,26)27/h2-3,7-12H,4-6H2,1H3,(H,32,33,34). The van der Waals surface area contributed by atoms with Crippen molar-refractivity contribution in [1.29, 1.82) is 0 Å². The van der Waals surface area contributed by atoms with Gasteiger partial charge in [0, 0.05) is 37.0 Å². The third-order valence-electron chi connectivity index (χ3n) is 4.84. The highest BCUT2D eigenvalue weighted by molar-refractivity contribution is 5.33. The fourth-order valence-corrected chi connectivity index (χ4v) is 3.06.